The van der Waals surface area contributed by atoms with Crippen molar-refractivity contribution in [1.29, 1.82) is 0 Å². The van der Waals surface area contributed by atoms with Crippen molar-refractivity contribution in [3.63, 3.8) is 0 Å². The van der Waals surface area contributed by atoms with Crippen LogP contribution in [0, 0.1) is 5.92 Å². The highest BCUT2D eigenvalue weighted by Crippen LogP contribution is 2.35. The zero-order chi connectivity index (χ0) is 14.1. The molecule has 0 atom stereocenters. The first-order valence-corrected chi connectivity index (χ1v) is 7.01. The maximum Gasteiger partial charge on any atom is 0.452 e. The molecular weight excluding hydrogens is 277 g/mol. The fraction of sp³-hybridized carbons (Fsp3) is 0.818. The van der Waals surface area contributed by atoms with Crippen LogP contribution in [-0.4, -0.2) is 21.4 Å². The van der Waals surface area contributed by atoms with E-state index in [2.05, 4.69) is 21.6 Å². The summed E-state index contributed by atoms with van der Waals surface area (Å²) < 4.78 is 40.6. The summed E-state index contributed by atoms with van der Waals surface area (Å²) in [5, 5.41) is 3.28. The quantitative estimate of drug-likeness (QED) is 0.899. The molecule has 108 valence electrons. The minimum absolute atomic E-state index is 0.201. The Labute approximate surface area is 113 Å². The molecule has 0 amide bonds. The van der Waals surface area contributed by atoms with E-state index in [4.69, 9.17) is 5.73 Å². The number of rotatable bonds is 3. The van der Waals surface area contributed by atoms with E-state index in [-0.39, 0.29) is 10.7 Å². The molecule has 8 heteroatoms. The van der Waals surface area contributed by atoms with Gasteiger partial charge in [0.05, 0.1) is 5.54 Å². The highest BCUT2D eigenvalue weighted by Gasteiger charge is 2.38. The molecule has 0 aromatic carbocycles. The molecule has 4 nitrogen and oxygen atoms in total. The van der Waals surface area contributed by atoms with Crippen LogP contribution in [0.1, 0.15) is 38.4 Å². The number of anilines is 1. The van der Waals surface area contributed by atoms with Gasteiger partial charge < -0.3 is 11.1 Å². The lowest BCUT2D eigenvalue weighted by Crippen LogP contribution is -2.48. The van der Waals surface area contributed by atoms with Crippen molar-refractivity contribution in [2.45, 2.75) is 44.3 Å². The molecule has 1 aliphatic rings. The Hall–Kier alpha value is -0.890. The van der Waals surface area contributed by atoms with Crippen molar-refractivity contribution in [2.75, 3.05) is 11.9 Å². The Morgan fingerprint density at radius 2 is 2.05 bits per heavy atom. The molecule has 1 fully saturated rings. The first-order valence-electron chi connectivity index (χ1n) is 6.24. The Bertz CT molecular complexity index is 424. The lowest BCUT2D eigenvalue weighted by molar-refractivity contribution is -0.144. The summed E-state index contributed by atoms with van der Waals surface area (Å²) in [5.41, 5.74) is 5.46. The van der Waals surface area contributed by atoms with Crippen LogP contribution in [0.15, 0.2) is 0 Å². The van der Waals surface area contributed by atoms with E-state index in [1.165, 1.54) is 0 Å². The van der Waals surface area contributed by atoms with E-state index >= 15 is 0 Å². The largest absolute Gasteiger partial charge is 0.452 e. The number of nitrogens with zero attached hydrogens (tertiary/aromatic N) is 2. The number of nitrogens with one attached hydrogen (secondary N) is 1. The molecule has 0 saturated heterocycles. The van der Waals surface area contributed by atoms with E-state index < -0.39 is 12.0 Å². The fourth-order valence-electron chi connectivity index (χ4n) is 2.31. The van der Waals surface area contributed by atoms with Gasteiger partial charge in [-0.3, -0.25) is 0 Å². The summed E-state index contributed by atoms with van der Waals surface area (Å²) in [6.45, 7) is 2.56. The predicted octanol–water partition coefficient (Wildman–Crippen LogP) is 2.88. The third kappa shape index (κ3) is 3.36. The van der Waals surface area contributed by atoms with Crippen molar-refractivity contribution in [1.82, 2.24) is 9.36 Å². The van der Waals surface area contributed by atoms with E-state index in [0.717, 1.165) is 37.2 Å². The molecule has 1 heterocycles. The average Bonchev–Trinajstić information content (AvgIpc) is 2.81. The summed E-state index contributed by atoms with van der Waals surface area (Å²) >= 11 is 0.737. The number of halogens is 3. The van der Waals surface area contributed by atoms with E-state index in [9.17, 15) is 13.2 Å². The van der Waals surface area contributed by atoms with Gasteiger partial charge >= 0.3 is 6.18 Å². The second-order valence-corrected chi connectivity index (χ2v) is 5.96. The predicted molar refractivity (Wildman–Crippen MR) is 68.0 cm³/mol. The highest BCUT2D eigenvalue weighted by molar-refractivity contribution is 7.09. The van der Waals surface area contributed by atoms with Crippen molar-refractivity contribution in [3.8, 4) is 0 Å². The summed E-state index contributed by atoms with van der Waals surface area (Å²) in [4.78, 5) is 3.50. The van der Waals surface area contributed by atoms with Crippen LogP contribution in [0.5, 0.6) is 0 Å². The van der Waals surface area contributed by atoms with Gasteiger partial charge in [-0.15, -0.1) is 0 Å². The molecule has 0 radical (unpaired) electrons. The smallest absolute Gasteiger partial charge is 0.354 e. The Balaban J connectivity index is 2.08. The number of hydrogen-bond acceptors (Lipinski definition) is 5. The third-order valence-electron chi connectivity index (χ3n) is 3.67. The lowest BCUT2D eigenvalue weighted by Gasteiger charge is -2.39. The van der Waals surface area contributed by atoms with Crippen LogP contribution in [0.3, 0.4) is 0 Å². The van der Waals surface area contributed by atoms with Crippen LogP contribution in [-0.2, 0) is 6.18 Å². The van der Waals surface area contributed by atoms with Gasteiger partial charge in [-0.05, 0) is 31.6 Å². The fourth-order valence-corrected chi connectivity index (χ4v) is 3.02. The number of aromatic nitrogens is 2. The second-order valence-electron chi connectivity index (χ2n) is 5.21. The van der Waals surface area contributed by atoms with Crippen molar-refractivity contribution >= 4 is 16.7 Å². The van der Waals surface area contributed by atoms with Gasteiger partial charge in [0.15, 0.2) is 0 Å². The third-order valence-corrected chi connectivity index (χ3v) is 4.30. The zero-order valence-electron chi connectivity index (χ0n) is 10.6. The van der Waals surface area contributed by atoms with E-state index in [1.807, 2.05) is 0 Å². The van der Waals surface area contributed by atoms with Crippen LogP contribution >= 0.6 is 11.5 Å². The molecule has 0 bridgehead atoms. The van der Waals surface area contributed by atoms with Gasteiger partial charge in [0.2, 0.25) is 11.0 Å². The minimum Gasteiger partial charge on any atom is -0.354 e. The SMILES string of the molecule is CC1CCC(CN)(Nc2nc(C(F)(F)F)ns2)CC1. The number of nitrogens with two attached hydrogens (primary N) is 1. The highest BCUT2D eigenvalue weighted by atomic mass is 32.1. The molecule has 2 rings (SSSR count). The van der Waals surface area contributed by atoms with Crippen LogP contribution in [0.25, 0.3) is 0 Å². The first-order chi connectivity index (χ1) is 8.85. The van der Waals surface area contributed by atoms with Crippen molar-refractivity contribution in [3.05, 3.63) is 5.82 Å². The number of hydrogen-bond donors (Lipinski definition) is 2. The molecule has 1 saturated carbocycles. The maximum absolute atomic E-state index is 12.4. The van der Waals surface area contributed by atoms with Crippen LogP contribution < -0.4 is 11.1 Å². The Morgan fingerprint density at radius 3 is 2.53 bits per heavy atom. The van der Waals surface area contributed by atoms with Gasteiger partial charge in [0.25, 0.3) is 0 Å². The van der Waals surface area contributed by atoms with Crippen molar-refractivity contribution in [2.24, 2.45) is 11.7 Å². The molecule has 1 aromatic heterocycles. The van der Waals surface area contributed by atoms with E-state index in [1.54, 1.807) is 0 Å². The second kappa shape index (κ2) is 5.24. The van der Waals surface area contributed by atoms with E-state index in [0.29, 0.717) is 12.5 Å². The monoisotopic (exact) mass is 294 g/mol. The molecule has 0 unspecified atom stereocenters. The Kier molecular flexibility index (Phi) is 4.00. The van der Waals surface area contributed by atoms with Gasteiger partial charge in [-0.2, -0.15) is 22.5 Å². The average molecular weight is 294 g/mol. The van der Waals surface area contributed by atoms with Gasteiger partial charge in [-0.25, -0.2) is 0 Å². The normalized spacial score (nSPS) is 28.4. The van der Waals surface area contributed by atoms with Crippen LogP contribution in [0.2, 0.25) is 0 Å². The topological polar surface area (TPSA) is 63.8 Å². The first kappa shape index (κ1) is 14.5. The van der Waals surface area contributed by atoms with Gasteiger partial charge in [0, 0.05) is 18.1 Å². The zero-order valence-corrected chi connectivity index (χ0v) is 11.4. The lowest BCUT2D eigenvalue weighted by atomic mass is 9.77. The van der Waals surface area contributed by atoms with Crippen molar-refractivity contribution < 1.29 is 13.2 Å². The van der Waals surface area contributed by atoms with Crippen LogP contribution in [0.4, 0.5) is 18.3 Å². The number of alkyl halides is 3. The van der Waals surface area contributed by atoms with Gasteiger partial charge in [-0.1, -0.05) is 6.92 Å². The molecule has 1 aromatic rings. The molecule has 0 aliphatic heterocycles. The summed E-state index contributed by atoms with van der Waals surface area (Å²) in [7, 11) is 0. The summed E-state index contributed by atoms with van der Waals surface area (Å²) in [5.74, 6) is -0.446. The minimum atomic E-state index is -4.49. The molecular formula is C11H17F3N4S. The summed E-state index contributed by atoms with van der Waals surface area (Å²) in [6.07, 6.45) is -0.741. The molecule has 19 heavy (non-hydrogen) atoms. The van der Waals surface area contributed by atoms with Gasteiger partial charge in [0.1, 0.15) is 0 Å². The maximum atomic E-state index is 12.4. The molecule has 1 aliphatic carbocycles. The summed E-state index contributed by atoms with van der Waals surface area (Å²) in [6, 6.07) is 0. The molecule has 3 N–H and O–H groups in total. The Morgan fingerprint density at radius 1 is 1.42 bits per heavy atom. The standard InChI is InChI=1S/C11H17F3N4S/c1-7-2-4-10(6-15,5-3-7)17-9-16-8(18-19-9)11(12,13)14/h7H,2-6,15H2,1H3,(H,16,17,18). The molecule has 0 spiro atoms.